The summed E-state index contributed by atoms with van der Waals surface area (Å²) >= 11 is 5.66. The van der Waals surface area contributed by atoms with E-state index in [2.05, 4.69) is 20.4 Å². The molecule has 7 nitrogen and oxygen atoms in total. The Bertz CT molecular complexity index is 853. The summed E-state index contributed by atoms with van der Waals surface area (Å²) in [7, 11) is 0. The zero-order chi connectivity index (χ0) is 17.6. The van der Waals surface area contributed by atoms with E-state index in [-0.39, 0.29) is 25.0 Å². The summed E-state index contributed by atoms with van der Waals surface area (Å²) in [5.41, 5.74) is 1.20. The van der Waals surface area contributed by atoms with Crippen LogP contribution in [0.2, 0.25) is 5.02 Å². The molecule has 128 valence electrons. The molecule has 1 aromatic carbocycles. The number of carbonyl (C=O) groups excluding carboxylic acids is 1. The SMILES string of the molecule is O=C(COCc1cc(-c2ccc(F)cc2)on1)Nc1ncc(Cl)cn1. The number of aromatic nitrogens is 3. The number of amides is 1. The highest BCUT2D eigenvalue weighted by atomic mass is 35.5. The van der Waals surface area contributed by atoms with Crippen molar-refractivity contribution in [3.63, 3.8) is 0 Å². The van der Waals surface area contributed by atoms with Gasteiger partial charge in [-0.1, -0.05) is 16.8 Å². The largest absolute Gasteiger partial charge is 0.365 e. The fourth-order valence-corrected chi connectivity index (χ4v) is 2.01. The van der Waals surface area contributed by atoms with Gasteiger partial charge < -0.3 is 9.26 Å². The molecule has 0 saturated heterocycles. The molecular weight excluding hydrogens is 351 g/mol. The molecule has 0 saturated carbocycles. The quantitative estimate of drug-likeness (QED) is 0.724. The fraction of sp³-hybridized carbons (Fsp3) is 0.125. The summed E-state index contributed by atoms with van der Waals surface area (Å²) in [6.45, 7) is -0.121. The standard InChI is InChI=1S/C16H12ClFN4O3/c17-11-6-19-16(20-7-11)21-15(23)9-24-8-13-5-14(25-22-13)10-1-3-12(18)4-2-10/h1-7H,8-9H2,(H,19,20,21,23). The Morgan fingerprint density at radius 1 is 1.24 bits per heavy atom. The molecule has 2 aromatic heterocycles. The molecular formula is C16H12ClFN4O3. The van der Waals surface area contributed by atoms with Crippen molar-refractivity contribution < 1.29 is 18.4 Å². The Morgan fingerprint density at radius 3 is 2.68 bits per heavy atom. The smallest absolute Gasteiger partial charge is 0.252 e. The third kappa shape index (κ3) is 4.82. The van der Waals surface area contributed by atoms with Crippen LogP contribution >= 0.6 is 11.6 Å². The zero-order valence-electron chi connectivity index (χ0n) is 12.8. The van der Waals surface area contributed by atoms with Crippen LogP contribution in [0.4, 0.5) is 10.3 Å². The monoisotopic (exact) mass is 362 g/mol. The Labute approximate surface area is 146 Å². The third-order valence-electron chi connectivity index (χ3n) is 3.04. The summed E-state index contributed by atoms with van der Waals surface area (Å²) in [5, 5.41) is 6.68. The molecule has 9 heteroatoms. The van der Waals surface area contributed by atoms with Gasteiger partial charge in [0.05, 0.1) is 24.0 Å². The van der Waals surface area contributed by atoms with E-state index in [4.69, 9.17) is 20.9 Å². The van der Waals surface area contributed by atoms with E-state index in [1.807, 2.05) is 0 Å². The Kier molecular flexibility index (Phi) is 5.32. The molecule has 0 spiro atoms. The number of anilines is 1. The first kappa shape index (κ1) is 17.0. The second-order valence-corrected chi connectivity index (χ2v) is 5.39. The number of carbonyl (C=O) groups is 1. The number of hydrogen-bond donors (Lipinski definition) is 1. The Hall–Kier alpha value is -2.84. The number of ether oxygens (including phenoxy) is 1. The number of nitrogens with zero attached hydrogens (tertiary/aromatic N) is 3. The Morgan fingerprint density at radius 2 is 1.96 bits per heavy atom. The molecule has 1 N–H and O–H groups in total. The summed E-state index contributed by atoms with van der Waals surface area (Å²) in [4.78, 5) is 19.4. The van der Waals surface area contributed by atoms with Gasteiger partial charge in [-0.25, -0.2) is 14.4 Å². The van der Waals surface area contributed by atoms with Crippen molar-refractivity contribution in [2.75, 3.05) is 11.9 Å². The Balaban J connectivity index is 1.48. The second kappa shape index (κ2) is 7.82. The van der Waals surface area contributed by atoms with Gasteiger partial charge in [0, 0.05) is 11.6 Å². The van der Waals surface area contributed by atoms with E-state index in [1.165, 1.54) is 24.5 Å². The van der Waals surface area contributed by atoms with E-state index in [0.29, 0.717) is 22.0 Å². The summed E-state index contributed by atoms with van der Waals surface area (Å²) in [6.07, 6.45) is 2.74. The van der Waals surface area contributed by atoms with Crippen LogP contribution in [0, 0.1) is 5.82 Å². The minimum atomic E-state index is -0.412. The van der Waals surface area contributed by atoms with Gasteiger partial charge in [0.25, 0.3) is 5.91 Å². The number of nitrogens with one attached hydrogen (secondary N) is 1. The molecule has 25 heavy (non-hydrogen) atoms. The van der Waals surface area contributed by atoms with Crippen molar-refractivity contribution in [1.82, 2.24) is 15.1 Å². The lowest BCUT2D eigenvalue weighted by Crippen LogP contribution is -2.19. The molecule has 0 fully saturated rings. The second-order valence-electron chi connectivity index (χ2n) is 4.96. The minimum Gasteiger partial charge on any atom is -0.365 e. The first-order valence-corrected chi connectivity index (χ1v) is 7.54. The molecule has 1 amide bonds. The van der Waals surface area contributed by atoms with E-state index in [0.717, 1.165) is 0 Å². The molecule has 2 heterocycles. The molecule has 0 bridgehead atoms. The zero-order valence-corrected chi connectivity index (χ0v) is 13.5. The van der Waals surface area contributed by atoms with Gasteiger partial charge in [-0.05, 0) is 24.3 Å². The van der Waals surface area contributed by atoms with Crippen molar-refractivity contribution in [2.24, 2.45) is 0 Å². The predicted molar refractivity (Wildman–Crippen MR) is 87.2 cm³/mol. The molecule has 0 aliphatic heterocycles. The highest BCUT2D eigenvalue weighted by molar-refractivity contribution is 6.30. The number of halogens is 2. The van der Waals surface area contributed by atoms with Gasteiger partial charge in [0.1, 0.15) is 18.1 Å². The average molecular weight is 363 g/mol. The van der Waals surface area contributed by atoms with Crippen molar-refractivity contribution in [3.05, 3.63) is 59.3 Å². The van der Waals surface area contributed by atoms with E-state index >= 15 is 0 Å². The lowest BCUT2D eigenvalue weighted by molar-refractivity contribution is -0.121. The van der Waals surface area contributed by atoms with Gasteiger partial charge in [0.2, 0.25) is 5.95 Å². The van der Waals surface area contributed by atoms with Crippen LogP contribution in [0.15, 0.2) is 47.2 Å². The predicted octanol–water partition coefficient (Wildman–Crippen LogP) is 3.08. The van der Waals surface area contributed by atoms with Gasteiger partial charge in [-0.15, -0.1) is 0 Å². The van der Waals surface area contributed by atoms with Crippen LogP contribution in [0.3, 0.4) is 0 Å². The van der Waals surface area contributed by atoms with Crippen molar-refractivity contribution in [2.45, 2.75) is 6.61 Å². The van der Waals surface area contributed by atoms with Crippen LogP contribution in [0.1, 0.15) is 5.69 Å². The van der Waals surface area contributed by atoms with Crippen LogP contribution in [-0.4, -0.2) is 27.6 Å². The number of rotatable bonds is 6. The summed E-state index contributed by atoms with van der Waals surface area (Å²) in [6, 6.07) is 7.49. The molecule has 0 unspecified atom stereocenters. The van der Waals surface area contributed by atoms with Crippen LogP contribution in [-0.2, 0) is 16.1 Å². The maximum absolute atomic E-state index is 12.9. The molecule has 0 radical (unpaired) electrons. The van der Waals surface area contributed by atoms with Crippen LogP contribution in [0.25, 0.3) is 11.3 Å². The highest BCUT2D eigenvalue weighted by Crippen LogP contribution is 2.20. The summed E-state index contributed by atoms with van der Waals surface area (Å²) < 4.78 is 23.3. The highest BCUT2D eigenvalue weighted by Gasteiger charge is 2.09. The number of hydrogen-bond acceptors (Lipinski definition) is 6. The first-order valence-electron chi connectivity index (χ1n) is 7.17. The van der Waals surface area contributed by atoms with E-state index < -0.39 is 5.91 Å². The lowest BCUT2D eigenvalue weighted by Gasteiger charge is -2.03. The lowest BCUT2D eigenvalue weighted by atomic mass is 10.1. The molecule has 0 atom stereocenters. The summed E-state index contributed by atoms with van der Waals surface area (Å²) in [5.74, 6) is -0.122. The fourth-order valence-electron chi connectivity index (χ4n) is 1.92. The molecule has 3 rings (SSSR count). The van der Waals surface area contributed by atoms with Gasteiger partial charge in [-0.2, -0.15) is 0 Å². The number of benzene rings is 1. The van der Waals surface area contributed by atoms with Crippen molar-refractivity contribution >= 4 is 23.5 Å². The first-order chi connectivity index (χ1) is 12.1. The van der Waals surface area contributed by atoms with Crippen molar-refractivity contribution in [1.29, 1.82) is 0 Å². The molecule has 0 aliphatic rings. The normalized spacial score (nSPS) is 10.6. The third-order valence-corrected chi connectivity index (χ3v) is 3.24. The van der Waals surface area contributed by atoms with Crippen LogP contribution in [0.5, 0.6) is 0 Å². The van der Waals surface area contributed by atoms with Crippen molar-refractivity contribution in [3.8, 4) is 11.3 Å². The maximum atomic E-state index is 12.9. The minimum absolute atomic E-state index is 0.0829. The van der Waals surface area contributed by atoms with Gasteiger partial charge in [0.15, 0.2) is 5.76 Å². The average Bonchev–Trinajstić information content (AvgIpc) is 3.06. The van der Waals surface area contributed by atoms with Crippen LogP contribution < -0.4 is 5.32 Å². The topological polar surface area (TPSA) is 90.1 Å². The molecule has 0 aliphatic carbocycles. The van der Waals surface area contributed by atoms with Gasteiger partial charge >= 0.3 is 0 Å². The van der Waals surface area contributed by atoms with Gasteiger partial charge in [-0.3, -0.25) is 10.1 Å². The maximum Gasteiger partial charge on any atom is 0.252 e. The molecule has 3 aromatic rings. The van der Waals surface area contributed by atoms with E-state index in [1.54, 1.807) is 18.2 Å². The van der Waals surface area contributed by atoms with E-state index in [9.17, 15) is 9.18 Å².